The Morgan fingerprint density at radius 2 is 1.94 bits per heavy atom. The second-order valence-corrected chi connectivity index (χ2v) is 4.44. The van der Waals surface area contributed by atoms with Crippen LogP contribution in [0.5, 0.6) is 0 Å². The van der Waals surface area contributed by atoms with E-state index in [0.29, 0.717) is 13.0 Å². The number of aromatic nitrogens is 1. The van der Waals surface area contributed by atoms with Gasteiger partial charge in [-0.1, -0.05) is 34.1 Å². The SMILES string of the molecule is O=CNCc1cccc(-c2ccc(Br)cc2)n1. The summed E-state index contributed by atoms with van der Waals surface area (Å²) in [5, 5.41) is 2.60. The van der Waals surface area contributed by atoms with Crippen LogP contribution in [0, 0.1) is 0 Å². The molecule has 4 heteroatoms. The molecule has 1 N–H and O–H groups in total. The zero-order valence-corrected chi connectivity index (χ0v) is 10.6. The zero-order chi connectivity index (χ0) is 12.1. The third-order valence-corrected chi connectivity index (χ3v) is 2.84. The van der Waals surface area contributed by atoms with Crippen LogP contribution in [0.15, 0.2) is 46.9 Å². The van der Waals surface area contributed by atoms with Gasteiger partial charge in [-0.3, -0.25) is 9.78 Å². The Kier molecular flexibility index (Phi) is 3.88. The molecule has 2 aromatic rings. The molecule has 0 unspecified atom stereocenters. The molecule has 1 aromatic heterocycles. The van der Waals surface area contributed by atoms with Gasteiger partial charge in [0.2, 0.25) is 6.41 Å². The van der Waals surface area contributed by atoms with Crippen LogP contribution >= 0.6 is 15.9 Å². The molecule has 0 aliphatic carbocycles. The van der Waals surface area contributed by atoms with E-state index in [2.05, 4.69) is 26.2 Å². The molecule has 0 fully saturated rings. The van der Waals surface area contributed by atoms with Gasteiger partial charge in [0.15, 0.2) is 0 Å². The molecular weight excluding hydrogens is 280 g/mol. The highest BCUT2D eigenvalue weighted by Gasteiger charge is 2.00. The van der Waals surface area contributed by atoms with E-state index < -0.39 is 0 Å². The van der Waals surface area contributed by atoms with Gasteiger partial charge in [-0.05, 0) is 24.3 Å². The molecule has 0 bridgehead atoms. The van der Waals surface area contributed by atoms with Gasteiger partial charge in [0.05, 0.1) is 17.9 Å². The van der Waals surface area contributed by atoms with Gasteiger partial charge in [-0.15, -0.1) is 0 Å². The van der Waals surface area contributed by atoms with Crippen molar-refractivity contribution in [3.8, 4) is 11.3 Å². The van der Waals surface area contributed by atoms with Gasteiger partial charge >= 0.3 is 0 Å². The standard InChI is InChI=1S/C13H11BrN2O/c14-11-6-4-10(5-7-11)13-3-1-2-12(16-13)8-15-9-17/h1-7,9H,8H2,(H,15,17). The van der Waals surface area contributed by atoms with E-state index in [1.807, 2.05) is 42.5 Å². The number of nitrogens with zero attached hydrogens (tertiary/aromatic N) is 1. The first-order valence-corrected chi connectivity index (χ1v) is 5.98. The number of amides is 1. The normalized spacial score (nSPS) is 9.94. The topological polar surface area (TPSA) is 42.0 Å². The Balaban J connectivity index is 2.26. The molecule has 17 heavy (non-hydrogen) atoms. The van der Waals surface area contributed by atoms with Crippen LogP contribution in [0.25, 0.3) is 11.3 Å². The van der Waals surface area contributed by atoms with Crippen LogP contribution in [0.3, 0.4) is 0 Å². The first kappa shape index (κ1) is 11.8. The van der Waals surface area contributed by atoms with Crippen LogP contribution in [0.2, 0.25) is 0 Å². The third-order valence-electron chi connectivity index (χ3n) is 2.31. The van der Waals surface area contributed by atoms with Crippen LogP contribution in [-0.2, 0) is 11.3 Å². The monoisotopic (exact) mass is 290 g/mol. The minimum Gasteiger partial charge on any atom is -0.353 e. The number of carbonyl (C=O) groups excluding carboxylic acids is 1. The van der Waals surface area contributed by atoms with E-state index in [1.165, 1.54) is 0 Å². The van der Waals surface area contributed by atoms with Crippen LogP contribution < -0.4 is 5.32 Å². The van der Waals surface area contributed by atoms with E-state index in [1.54, 1.807) is 0 Å². The number of pyridine rings is 1. The molecular formula is C13H11BrN2O. The van der Waals surface area contributed by atoms with E-state index in [-0.39, 0.29) is 0 Å². The van der Waals surface area contributed by atoms with E-state index >= 15 is 0 Å². The summed E-state index contributed by atoms with van der Waals surface area (Å²) in [5.74, 6) is 0. The Bertz CT molecular complexity index is 511. The second-order valence-electron chi connectivity index (χ2n) is 3.52. The molecule has 2 rings (SSSR count). The minimum absolute atomic E-state index is 0.452. The quantitative estimate of drug-likeness (QED) is 0.880. The maximum atomic E-state index is 10.2. The molecule has 3 nitrogen and oxygen atoms in total. The minimum atomic E-state index is 0.452. The molecule has 0 atom stereocenters. The van der Waals surface area contributed by atoms with Crippen molar-refractivity contribution in [1.29, 1.82) is 0 Å². The lowest BCUT2D eigenvalue weighted by molar-refractivity contribution is -0.109. The van der Waals surface area contributed by atoms with Gasteiger partial charge in [0, 0.05) is 10.0 Å². The van der Waals surface area contributed by atoms with E-state index in [4.69, 9.17) is 0 Å². The van der Waals surface area contributed by atoms with Gasteiger partial charge in [-0.2, -0.15) is 0 Å². The summed E-state index contributed by atoms with van der Waals surface area (Å²) in [7, 11) is 0. The summed E-state index contributed by atoms with van der Waals surface area (Å²) in [6, 6.07) is 13.7. The number of carbonyl (C=O) groups is 1. The molecule has 0 aliphatic heterocycles. The predicted molar refractivity (Wildman–Crippen MR) is 70.3 cm³/mol. The maximum absolute atomic E-state index is 10.2. The van der Waals surface area contributed by atoms with Crippen molar-refractivity contribution in [3.05, 3.63) is 52.6 Å². The largest absolute Gasteiger partial charge is 0.353 e. The molecule has 1 amide bonds. The lowest BCUT2D eigenvalue weighted by atomic mass is 10.1. The summed E-state index contributed by atoms with van der Waals surface area (Å²) < 4.78 is 1.04. The summed E-state index contributed by atoms with van der Waals surface area (Å²) in [6.07, 6.45) is 0.675. The Morgan fingerprint density at radius 3 is 2.65 bits per heavy atom. The zero-order valence-electron chi connectivity index (χ0n) is 9.06. The Hall–Kier alpha value is -1.68. The first-order valence-electron chi connectivity index (χ1n) is 5.18. The van der Waals surface area contributed by atoms with Crippen molar-refractivity contribution in [2.24, 2.45) is 0 Å². The van der Waals surface area contributed by atoms with Crippen LogP contribution in [0.1, 0.15) is 5.69 Å². The van der Waals surface area contributed by atoms with Gasteiger partial charge in [-0.25, -0.2) is 0 Å². The fraction of sp³-hybridized carbons (Fsp3) is 0.0769. The summed E-state index contributed by atoms with van der Waals surface area (Å²) >= 11 is 3.40. The summed E-state index contributed by atoms with van der Waals surface area (Å²) in [6.45, 7) is 0.452. The molecule has 0 spiro atoms. The fourth-order valence-electron chi connectivity index (χ4n) is 1.51. The molecule has 1 heterocycles. The van der Waals surface area contributed by atoms with E-state index in [0.717, 1.165) is 21.4 Å². The van der Waals surface area contributed by atoms with Gasteiger partial charge < -0.3 is 5.32 Å². The lowest BCUT2D eigenvalue weighted by Crippen LogP contribution is -2.11. The highest BCUT2D eigenvalue weighted by molar-refractivity contribution is 9.10. The van der Waals surface area contributed by atoms with Crippen molar-refractivity contribution in [1.82, 2.24) is 10.3 Å². The smallest absolute Gasteiger partial charge is 0.207 e. The number of benzene rings is 1. The van der Waals surface area contributed by atoms with Gasteiger partial charge in [0.25, 0.3) is 0 Å². The Labute approximate surface area is 108 Å². The highest BCUT2D eigenvalue weighted by Crippen LogP contribution is 2.19. The van der Waals surface area contributed by atoms with Crippen molar-refractivity contribution < 1.29 is 4.79 Å². The molecule has 0 radical (unpaired) electrons. The molecule has 0 saturated carbocycles. The molecule has 1 aromatic carbocycles. The average molecular weight is 291 g/mol. The van der Waals surface area contributed by atoms with Crippen molar-refractivity contribution in [3.63, 3.8) is 0 Å². The summed E-state index contributed by atoms with van der Waals surface area (Å²) in [5.41, 5.74) is 2.81. The van der Waals surface area contributed by atoms with Crippen LogP contribution in [-0.4, -0.2) is 11.4 Å². The number of hydrogen-bond donors (Lipinski definition) is 1. The predicted octanol–water partition coefficient (Wildman–Crippen LogP) is 2.76. The number of nitrogens with one attached hydrogen (secondary N) is 1. The number of rotatable bonds is 4. The molecule has 0 saturated heterocycles. The molecule has 86 valence electrons. The van der Waals surface area contributed by atoms with Crippen molar-refractivity contribution in [2.75, 3.05) is 0 Å². The van der Waals surface area contributed by atoms with Crippen molar-refractivity contribution >= 4 is 22.3 Å². The number of halogens is 1. The maximum Gasteiger partial charge on any atom is 0.207 e. The van der Waals surface area contributed by atoms with E-state index in [9.17, 15) is 4.79 Å². The average Bonchev–Trinajstić information content (AvgIpc) is 2.37. The lowest BCUT2D eigenvalue weighted by Gasteiger charge is -2.04. The third kappa shape index (κ3) is 3.14. The van der Waals surface area contributed by atoms with Crippen LogP contribution in [0.4, 0.5) is 0 Å². The Morgan fingerprint density at radius 1 is 1.18 bits per heavy atom. The van der Waals surface area contributed by atoms with Crippen molar-refractivity contribution in [2.45, 2.75) is 6.54 Å². The fourth-order valence-corrected chi connectivity index (χ4v) is 1.77. The second kappa shape index (κ2) is 5.59. The highest BCUT2D eigenvalue weighted by atomic mass is 79.9. The van der Waals surface area contributed by atoms with Gasteiger partial charge in [0.1, 0.15) is 0 Å². The first-order chi connectivity index (χ1) is 8.29. The molecule has 0 aliphatic rings. The summed E-state index contributed by atoms with van der Waals surface area (Å²) in [4.78, 5) is 14.7. The number of hydrogen-bond acceptors (Lipinski definition) is 2.